The zero-order valence-corrected chi connectivity index (χ0v) is 11.2. The monoisotopic (exact) mass is 302 g/mol. The standard InChI is InChI=1S/C13H11BrN4/c14-7-12-9-18(17-16-12)8-11-4-1-3-10-5-2-6-15-13(10)11/h1-6,9H,7-8H2. The van der Waals surface area contributed by atoms with Crippen LogP contribution in [0.4, 0.5) is 0 Å². The molecule has 0 unspecified atom stereocenters. The quantitative estimate of drug-likeness (QED) is 0.699. The number of para-hydroxylation sites is 1. The third-order valence-corrected chi connectivity index (χ3v) is 3.35. The Morgan fingerprint density at radius 1 is 1.17 bits per heavy atom. The van der Waals surface area contributed by atoms with Crippen molar-refractivity contribution in [1.82, 2.24) is 20.0 Å². The molecule has 0 atom stereocenters. The summed E-state index contributed by atoms with van der Waals surface area (Å²) in [7, 11) is 0. The number of alkyl halides is 1. The number of hydrogen-bond acceptors (Lipinski definition) is 3. The lowest BCUT2D eigenvalue weighted by atomic mass is 10.1. The highest BCUT2D eigenvalue weighted by atomic mass is 79.9. The number of hydrogen-bond donors (Lipinski definition) is 0. The maximum Gasteiger partial charge on any atom is 0.0932 e. The van der Waals surface area contributed by atoms with Gasteiger partial charge in [0.25, 0.3) is 0 Å². The molecule has 3 aromatic rings. The van der Waals surface area contributed by atoms with Gasteiger partial charge in [-0.3, -0.25) is 4.98 Å². The average Bonchev–Trinajstić information content (AvgIpc) is 2.87. The average molecular weight is 303 g/mol. The number of aromatic nitrogens is 4. The van der Waals surface area contributed by atoms with Crippen molar-refractivity contribution in [2.75, 3.05) is 0 Å². The number of benzene rings is 1. The van der Waals surface area contributed by atoms with Gasteiger partial charge in [0.05, 0.1) is 17.8 Å². The van der Waals surface area contributed by atoms with Gasteiger partial charge in [0.2, 0.25) is 0 Å². The molecule has 0 saturated carbocycles. The maximum atomic E-state index is 4.43. The highest BCUT2D eigenvalue weighted by Gasteiger charge is 2.04. The Bertz CT molecular complexity index is 672. The third kappa shape index (κ3) is 2.13. The summed E-state index contributed by atoms with van der Waals surface area (Å²) in [6, 6.07) is 10.2. The van der Waals surface area contributed by atoms with E-state index >= 15 is 0 Å². The van der Waals surface area contributed by atoms with Crippen LogP contribution in [0.15, 0.2) is 42.7 Å². The largest absolute Gasteiger partial charge is 0.256 e. The second-order valence-electron chi connectivity index (χ2n) is 4.03. The molecule has 0 amide bonds. The van der Waals surface area contributed by atoms with Crippen molar-refractivity contribution in [2.45, 2.75) is 11.9 Å². The van der Waals surface area contributed by atoms with Gasteiger partial charge in [0, 0.05) is 23.1 Å². The van der Waals surface area contributed by atoms with Gasteiger partial charge in [-0.15, -0.1) is 5.10 Å². The van der Waals surface area contributed by atoms with Gasteiger partial charge in [0.15, 0.2) is 0 Å². The highest BCUT2D eigenvalue weighted by molar-refractivity contribution is 9.08. The Balaban J connectivity index is 1.99. The van der Waals surface area contributed by atoms with Gasteiger partial charge in [0.1, 0.15) is 0 Å². The number of rotatable bonds is 3. The summed E-state index contributed by atoms with van der Waals surface area (Å²) in [5.41, 5.74) is 3.11. The van der Waals surface area contributed by atoms with E-state index in [1.165, 1.54) is 0 Å². The molecule has 2 aromatic heterocycles. The third-order valence-electron chi connectivity index (χ3n) is 2.77. The first-order chi connectivity index (χ1) is 8.86. The summed E-state index contributed by atoms with van der Waals surface area (Å²) in [6.45, 7) is 0.689. The summed E-state index contributed by atoms with van der Waals surface area (Å²) < 4.78 is 1.83. The van der Waals surface area contributed by atoms with E-state index in [2.05, 4.69) is 49.4 Å². The Morgan fingerprint density at radius 2 is 2.06 bits per heavy atom. The van der Waals surface area contributed by atoms with Crippen LogP contribution in [0.2, 0.25) is 0 Å². The first kappa shape index (κ1) is 11.3. The first-order valence-electron chi connectivity index (χ1n) is 5.64. The topological polar surface area (TPSA) is 43.6 Å². The second kappa shape index (κ2) is 4.86. The molecule has 5 heteroatoms. The zero-order valence-electron chi connectivity index (χ0n) is 9.62. The van der Waals surface area contributed by atoms with E-state index in [0.29, 0.717) is 6.54 Å². The second-order valence-corrected chi connectivity index (χ2v) is 4.59. The van der Waals surface area contributed by atoms with Crippen LogP contribution in [-0.4, -0.2) is 20.0 Å². The van der Waals surface area contributed by atoms with Gasteiger partial charge in [-0.1, -0.05) is 45.4 Å². The number of nitrogens with zero attached hydrogens (tertiary/aromatic N) is 4. The summed E-state index contributed by atoms with van der Waals surface area (Å²) >= 11 is 3.37. The smallest absolute Gasteiger partial charge is 0.0932 e. The van der Waals surface area contributed by atoms with Gasteiger partial charge < -0.3 is 0 Å². The maximum absolute atomic E-state index is 4.43. The molecule has 0 aliphatic heterocycles. The normalized spacial score (nSPS) is 10.9. The lowest BCUT2D eigenvalue weighted by molar-refractivity contribution is 0.651. The molecule has 0 N–H and O–H groups in total. The van der Waals surface area contributed by atoms with Crippen molar-refractivity contribution in [2.24, 2.45) is 0 Å². The van der Waals surface area contributed by atoms with E-state index in [4.69, 9.17) is 0 Å². The van der Waals surface area contributed by atoms with Gasteiger partial charge in [-0.25, -0.2) is 4.68 Å². The van der Waals surface area contributed by atoms with Crippen molar-refractivity contribution in [3.05, 3.63) is 54.0 Å². The van der Waals surface area contributed by atoms with Gasteiger partial charge in [-0.2, -0.15) is 0 Å². The van der Waals surface area contributed by atoms with Gasteiger partial charge in [-0.05, 0) is 11.6 Å². The molecule has 18 heavy (non-hydrogen) atoms. The van der Waals surface area contributed by atoms with Crippen molar-refractivity contribution in [1.29, 1.82) is 0 Å². The molecule has 1 aromatic carbocycles. The molecule has 0 spiro atoms. The van der Waals surface area contributed by atoms with Crippen LogP contribution in [-0.2, 0) is 11.9 Å². The van der Waals surface area contributed by atoms with Crippen LogP contribution in [0, 0.1) is 0 Å². The molecule has 0 aliphatic carbocycles. The number of halogens is 1. The fraction of sp³-hybridized carbons (Fsp3) is 0.154. The van der Waals surface area contributed by atoms with Crippen LogP contribution < -0.4 is 0 Å². The molecule has 0 saturated heterocycles. The van der Waals surface area contributed by atoms with Crippen LogP contribution in [0.1, 0.15) is 11.3 Å². The lowest BCUT2D eigenvalue weighted by Gasteiger charge is -2.04. The summed E-state index contributed by atoms with van der Waals surface area (Å²) in [5, 5.41) is 10.0. The first-order valence-corrected chi connectivity index (χ1v) is 6.76. The Labute approximate surface area is 113 Å². The molecule has 0 bridgehead atoms. The minimum absolute atomic E-state index is 0.689. The number of fused-ring (bicyclic) bond motifs is 1. The minimum atomic E-state index is 0.689. The van der Waals surface area contributed by atoms with Crippen molar-refractivity contribution in [3.8, 4) is 0 Å². The van der Waals surface area contributed by atoms with Crippen LogP contribution in [0.5, 0.6) is 0 Å². The zero-order chi connectivity index (χ0) is 12.4. The van der Waals surface area contributed by atoms with E-state index in [-0.39, 0.29) is 0 Å². The Kier molecular flexibility index (Phi) is 3.06. The lowest BCUT2D eigenvalue weighted by Crippen LogP contribution is -2.01. The van der Waals surface area contributed by atoms with Crippen molar-refractivity contribution in [3.63, 3.8) is 0 Å². The van der Waals surface area contributed by atoms with Crippen LogP contribution in [0.25, 0.3) is 10.9 Å². The van der Waals surface area contributed by atoms with Crippen molar-refractivity contribution >= 4 is 26.8 Å². The van der Waals surface area contributed by atoms with Crippen LogP contribution >= 0.6 is 15.9 Å². The molecule has 4 nitrogen and oxygen atoms in total. The Hall–Kier alpha value is -1.75. The fourth-order valence-electron chi connectivity index (χ4n) is 1.95. The Morgan fingerprint density at radius 3 is 2.89 bits per heavy atom. The summed E-state index contributed by atoms with van der Waals surface area (Å²) in [4.78, 5) is 4.43. The van der Waals surface area contributed by atoms with Crippen molar-refractivity contribution < 1.29 is 0 Å². The molecule has 2 heterocycles. The molecular formula is C13H11BrN4. The predicted octanol–water partition coefficient (Wildman–Crippen LogP) is 2.77. The fourth-order valence-corrected chi connectivity index (χ4v) is 2.20. The number of pyridine rings is 1. The van der Waals surface area contributed by atoms with E-state index in [1.54, 1.807) is 0 Å². The summed E-state index contributed by atoms with van der Waals surface area (Å²) in [6.07, 6.45) is 3.76. The van der Waals surface area contributed by atoms with E-state index in [0.717, 1.165) is 27.5 Å². The molecular weight excluding hydrogens is 292 g/mol. The molecule has 90 valence electrons. The van der Waals surface area contributed by atoms with E-state index in [1.807, 2.05) is 29.2 Å². The molecule has 0 aliphatic rings. The predicted molar refractivity (Wildman–Crippen MR) is 73.5 cm³/mol. The van der Waals surface area contributed by atoms with Crippen LogP contribution in [0.3, 0.4) is 0 Å². The van der Waals surface area contributed by atoms with E-state index < -0.39 is 0 Å². The molecule has 0 radical (unpaired) electrons. The van der Waals surface area contributed by atoms with Gasteiger partial charge >= 0.3 is 0 Å². The minimum Gasteiger partial charge on any atom is -0.256 e. The molecule has 3 rings (SSSR count). The molecule has 0 fully saturated rings. The SMILES string of the molecule is BrCc1cn(Cc2cccc3cccnc23)nn1. The summed E-state index contributed by atoms with van der Waals surface area (Å²) in [5.74, 6) is 0. The highest BCUT2D eigenvalue weighted by Crippen LogP contribution is 2.16. The van der Waals surface area contributed by atoms with E-state index in [9.17, 15) is 0 Å².